The van der Waals surface area contributed by atoms with E-state index in [1.807, 2.05) is 0 Å². The van der Waals surface area contributed by atoms with Gasteiger partial charge in [-0.05, 0) is 38.1 Å². The molecular formula is C13H16BrNO4. The molecule has 1 rings (SSSR count). The van der Waals surface area contributed by atoms with Crippen molar-refractivity contribution in [3.63, 3.8) is 0 Å². The van der Waals surface area contributed by atoms with Crippen LogP contribution in [0.25, 0.3) is 0 Å². The highest BCUT2D eigenvalue weighted by Crippen LogP contribution is 2.17. The van der Waals surface area contributed by atoms with Gasteiger partial charge in [0.2, 0.25) is 0 Å². The maximum Gasteiger partial charge on any atom is 0.323 e. The average Bonchev–Trinajstić information content (AvgIpc) is 2.37. The summed E-state index contributed by atoms with van der Waals surface area (Å²) in [6.07, 6.45) is -0.722. The Morgan fingerprint density at radius 1 is 1.37 bits per heavy atom. The molecule has 0 aliphatic heterocycles. The topological polar surface area (TPSA) is 66.8 Å². The average molecular weight is 330 g/mol. The molecule has 1 amide bonds. The van der Waals surface area contributed by atoms with Gasteiger partial charge in [0.1, 0.15) is 12.3 Å². The monoisotopic (exact) mass is 329 g/mol. The van der Waals surface area contributed by atoms with Gasteiger partial charge in [0.25, 0.3) is 5.91 Å². The number of carboxylic acids is 1. The van der Waals surface area contributed by atoms with Crippen LogP contribution in [0.15, 0.2) is 28.7 Å². The smallest absolute Gasteiger partial charge is 0.323 e. The summed E-state index contributed by atoms with van der Waals surface area (Å²) in [4.78, 5) is 23.9. The van der Waals surface area contributed by atoms with Gasteiger partial charge in [-0.3, -0.25) is 9.59 Å². The predicted octanol–water partition coefficient (Wildman–Crippen LogP) is 2.15. The summed E-state index contributed by atoms with van der Waals surface area (Å²) in [5.74, 6) is -0.811. The lowest BCUT2D eigenvalue weighted by Gasteiger charge is -2.23. The molecule has 5 nitrogen and oxygen atoms in total. The Bertz CT molecular complexity index is 446. The van der Waals surface area contributed by atoms with E-state index in [0.717, 1.165) is 4.47 Å². The molecule has 0 aliphatic carbocycles. The number of carbonyl (C=O) groups is 2. The predicted molar refractivity (Wildman–Crippen MR) is 74.1 cm³/mol. The number of aliphatic carboxylic acids is 1. The molecule has 0 heterocycles. The van der Waals surface area contributed by atoms with E-state index >= 15 is 0 Å². The molecule has 6 heteroatoms. The molecule has 1 atom stereocenters. The summed E-state index contributed by atoms with van der Waals surface area (Å²) >= 11 is 3.31. The molecule has 104 valence electrons. The highest BCUT2D eigenvalue weighted by atomic mass is 79.9. The van der Waals surface area contributed by atoms with Crippen LogP contribution in [0.3, 0.4) is 0 Å². The fourth-order valence-corrected chi connectivity index (χ4v) is 1.80. The van der Waals surface area contributed by atoms with Crippen LogP contribution < -0.4 is 4.74 Å². The summed E-state index contributed by atoms with van der Waals surface area (Å²) in [6, 6.07) is 7.09. The first-order chi connectivity index (χ1) is 8.93. The zero-order valence-corrected chi connectivity index (χ0v) is 12.4. The van der Waals surface area contributed by atoms with Gasteiger partial charge in [-0.2, -0.15) is 0 Å². The van der Waals surface area contributed by atoms with Gasteiger partial charge in [-0.15, -0.1) is 0 Å². The van der Waals surface area contributed by atoms with E-state index in [4.69, 9.17) is 9.84 Å². The number of amides is 1. The van der Waals surface area contributed by atoms with Crippen LogP contribution in [0.1, 0.15) is 13.8 Å². The van der Waals surface area contributed by atoms with Crippen LogP contribution in [-0.2, 0) is 9.59 Å². The zero-order valence-electron chi connectivity index (χ0n) is 10.8. The Morgan fingerprint density at radius 2 is 1.95 bits per heavy atom. The molecule has 1 aromatic carbocycles. The third-order valence-electron chi connectivity index (χ3n) is 2.49. The van der Waals surface area contributed by atoms with Gasteiger partial charge in [-0.1, -0.05) is 15.9 Å². The normalized spacial score (nSPS) is 11.7. The van der Waals surface area contributed by atoms with Crippen molar-refractivity contribution < 1.29 is 19.4 Å². The SMILES string of the molecule is CCN(CC(=O)O)C(=O)C(C)Oc1ccc(Br)cc1. The number of ether oxygens (including phenoxy) is 1. The van der Waals surface area contributed by atoms with E-state index < -0.39 is 12.1 Å². The number of hydrogen-bond donors (Lipinski definition) is 1. The molecular weight excluding hydrogens is 314 g/mol. The minimum absolute atomic E-state index is 0.316. The highest BCUT2D eigenvalue weighted by Gasteiger charge is 2.22. The molecule has 1 aromatic rings. The lowest BCUT2D eigenvalue weighted by Crippen LogP contribution is -2.43. The minimum atomic E-state index is -1.04. The number of likely N-dealkylation sites (N-methyl/N-ethyl adjacent to an activating group) is 1. The second-order valence-corrected chi connectivity index (χ2v) is 4.88. The number of carboxylic acid groups (broad SMARTS) is 1. The van der Waals surface area contributed by atoms with Crippen molar-refractivity contribution >= 4 is 27.8 Å². The molecule has 1 N–H and O–H groups in total. The van der Waals surface area contributed by atoms with E-state index in [1.165, 1.54) is 4.90 Å². The Kier molecular flexibility index (Phi) is 5.82. The van der Waals surface area contributed by atoms with Crippen molar-refractivity contribution in [3.05, 3.63) is 28.7 Å². The molecule has 1 unspecified atom stereocenters. The number of rotatable bonds is 6. The number of nitrogens with zero attached hydrogens (tertiary/aromatic N) is 1. The van der Waals surface area contributed by atoms with E-state index in [-0.39, 0.29) is 12.5 Å². The lowest BCUT2D eigenvalue weighted by molar-refractivity contribution is -0.147. The molecule has 0 aromatic heterocycles. The highest BCUT2D eigenvalue weighted by molar-refractivity contribution is 9.10. The summed E-state index contributed by atoms with van der Waals surface area (Å²) in [5, 5.41) is 8.73. The van der Waals surface area contributed by atoms with Crippen LogP contribution in [0.4, 0.5) is 0 Å². The van der Waals surface area contributed by atoms with Gasteiger partial charge < -0.3 is 14.7 Å². The number of halogens is 1. The van der Waals surface area contributed by atoms with Gasteiger partial charge in [0, 0.05) is 11.0 Å². The maximum absolute atomic E-state index is 12.0. The van der Waals surface area contributed by atoms with Gasteiger partial charge in [0.05, 0.1) is 0 Å². The summed E-state index contributed by atoms with van der Waals surface area (Å²) in [7, 11) is 0. The molecule has 0 bridgehead atoms. The first-order valence-electron chi connectivity index (χ1n) is 5.86. The van der Waals surface area contributed by atoms with Crippen LogP contribution in [0.5, 0.6) is 5.75 Å². The third kappa shape index (κ3) is 4.90. The van der Waals surface area contributed by atoms with Gasteiger partial charge >= 0.3 is 5.97 Å². The number of carbonyl (C=O) groups excluding carboxylic acids is 1. The molecule has 0 aliphatic rings. The second-order valence-electron chi connectivity index (χ2n) is 3.96. The Hall–Kier alpha value is -1.56. The van der Waals surface area contributed by atoms with Crippen molar-refractivity contribution in [2.24, 2.45) is 0 Å². The summed E-state index contributed by atoms with van der Waals surface area (Å²) in [5.41, 5.74) is 0. The zero-order chi connectivity index (χ0) is 14.4. The number of benzene rings is 1. The Labute approximate surface area is 120 Å². The number of hydrogen-bond acceptors (Lipinski definition) is 3. The van der Waals surface area contributed by atoms with Crippen molar-refractivity contribution in [2.45, 2.75) is 20.0 Å². The fourth-order valence-electron chi connectivity index (χ4n) is 1.53. The fraction of sp³-hybridized carbons (Fsp3) is 0.385. The molecule has 0 spiro atoms. The van der Waals surface area contributed by atoms with E-state index in [2.05, 4.69) is 15.9 Å². The first-order valence-corrected chi connectivity index (χ1v) is 6.66. The Balaban J connectivity index is 2.65. The minimum Gasteiger partial charge on any atom is -0.481 e. The van der Waals surface area contributed by atoms with Crippen LogP contribution >= 0.6 is 15.9 Å². The summed E-state index contributed by atoms with van der Waals surface area (Å²) < 4.78 is 6.41. The van der Waals surface area contributed by atoms with Gasteiger partial charge in [-0.25, -0.2) is 0 Å². The maximum atomic E-state index is 12.0. The van der Waals surface area contributed by atoms with Crippen LogP contribution in [0, 0.1) is 0 Å². The summed E-state index contributed by atoms with van der Waals surface area (Å²) in [6.45, 7) is 3.35. The largest absolute Gasteiger partial charge is 0.481 e. The molecule has 19 heavy (non-hydrogen) atoms. The third-order valence-corrected chi connectivity index (χ3v) is 3.02. The van der Waals surface area contributed by atoms with E-state index in [0.29, 0.717) is 12.3 Å². The molecule has 0 saturated carbocycles. The first kappa shape index (κ1) is 15.5. The van der Waals surface area contributed by atoms with Crippen molar-refractivity contribution in [3.8, 4) is 5.75 Å². The van der Waals surface area contributed by atoms with Crippen LogP contribution in [0.2, 0.25) is 0 Å². The second kappa shape index (κ2) is 7.13. The van der Waals surface area contributed by atoms with E-state index in [1.54, 1.807) is 38.1 Å². The van der Waals surface area contributed by atoms with Crippen molar-refractivity contribution in [1.82, 2.24) is 4.90 Å². The standard InChI is InChI=1S/C13H16BrNO4/c1-3-15(8-12(16)17)13(18)9(2)19-11-6-4-10(14)5-7-11/h4-7,9H,3,8H2,1-2H3,(H,16,17). The van der Waals surface area contributed by atoms with Crippen molar-refractivity contribution in [1.29, 1.82) is 0 Å². The Morgan fingerprint density at radius 3 is 2.42 bits per heavy atom. The molecule has 0 fully saturated rings. The van der Waals surface area contributed by atoms with E-state index in [9.17, 15) is 9.59 Å². The quantitative estimate of drug-likeness (QED) is 0.868. The van der Waals surface area contributed by atoms with Gasteiger partial charge in [0.15, 0.2) is 6.10 Å². The molecule has 0 saturated heterocycles. The van der Waals surface area contributed by atoms with Crippen LogP contribution in [-0.4, -0.2) is 41.1 Å². The lowest BCUT2D eigenvalue weighted by atomic mass is 10.3. The molecule has 0 radical (unpaired) electrons. The van der Waals surface area contributed by atoms with Crippen molar-refractivity contribution in [2.75, 3.05) is 13.1 Å².